The summed E-state index contributed by atoms with van der Waals surface area (Å²) in [6, 6.07) is 7.17. The Hall–Kier alpha value is -2.90. The minimum absolute atomic E-state index is 0.0645. The number of aliphatic imine (C=N–C) groups is 1. The third-order valence-electron chi connectivity index (χ3n) is 2.79. The number of aromatic nitrogens is 2. The molecule has 0 aliphatic rings. The van der Waals surface area contributed by atoms with Crippen LogP contribution in [-0.4, -0.2) is 27.9 Å². The molecule has 0 aliphatic carbocycles. The van der Waals surface area contributed by atoms with Gasteiger partial charge in [-0.05, 0) is 29.2 Å². The predicted molar refractivity (Wildman–Crippen MR) is 77.8 cm³/mol. The number of nitro groups is 1. The van der Waals surface area contributed by atoms with Crippen molar-refractivity contribution in [3.63, 3.8) is 0 Å². The first-order chi connectivity index (χ1) is 10.1. The van der Waals surface area contributed by atoms with Crippen molar-refractivity contribution in [1.29, 1.82) is 0 Å². The third-order valence-corrected chi connectivity index (χ3v) is 2.79. The Bertz CT molecular complexity index is 648. The highest BCUT2D eigenvalue weighted by atomic mass is 16.6. The molecule has 0 saturated heterocycles. The number of ether oxygens (including phenoxy) is 1. The van der Waals surface area contributed by atoms with Crippen LogP contribution >= 0.6 is 0 Å². The van der Waals surface area contributed by atoms with Crippen molar-refractivity contribution >= 4 is 17.8 Å². The van der Waals surface area contributed by atoms with Gasteiger partial charge in [0.2, 0.25) is 5.82 Å². The summed E-state index contributed by atoms with van der Waals surface area (Å²) in [5.74, 6) is 1.06. The second-order valence-electron chi connectivity index (χ2n) is 4.18. The molecule has 1 N–H and O–H groups in total. The summed E-state index contributed by atoms with van der Waals surface area (Å²) in [7, 11) is 3.35. The molecular formula is C13H15N5O3. The van der Waals surface area contributed by atoms with E-state index in [2.05, 4.69) is 15.3 Å². The van der Waals surface area contributed by atoms with Gasteiger partial charge in [0.15, 0.2) is 6.61 Å². The molecule has 1 heterocycles. The lowest BCUT2D eigenvalue weighted by Crippen LogP contribution is -2.05. The lowest BCUT2D eigenvalue weighted by molar-refractivity contribution is -0.391. The molecule has 110 valence electrons. The van der Waals surface area contributed by atoms with Crippen molar-refractivity contribution in [3.8, 4) is 5.75 Å². The molecule has 0 unspecified atom stereocenters. The summed E-state index contributed by atoms with van der Waals surface area (Å²) >= 11 is 0. The van der Waals surface area contributed by atoms with E-state index in [0.29, 0.717) is 11.6 Å². The van der Waals surface area contributed by atoms with E-state index in [1.807, 2.05) is 12.1 Å². The Morgan fingerprint density at radius 1 is 1.48 bits per heavy atom. The van der Waals surface area contributed by atoms with E-state index in [4.69, 9.17) is 4.74 Å². The number of imidazole rings is 1. The van der Waals surface area contributed by atoms with Crippen LogP contribution in [0.3, 0.4) is 0 Å². The maximum Gasteiger partial charge on any atom is 0.342 e. The highest BCUT2D eigenvalue weighted by molar-refractivity contribution is 5.60. The molecule has 0 amide bonds. The maximum absolute atomic E-state index is 10.7. The van der Waals surface area contributed by atoms with Crippen LogP contribution in [0.5, 0.6) is 5.75 Å². The van der Waals surface area contributed by atoms with Crippen molar-refractivity contribution in [2.45, 2.75) is 6.61 Å². The molecule has 2 aromatic rings. The SMILES string of the molecule is CN/C=N/c1ccc(OCc2ncc([N+](=O)[O-])n2C)cc1. The summed E-state index contributed by atoms with van der Waals surface area (Å²) in [6.07, 6.45) is 2.80. The fourth-order valence-corrected chi connectivity index (χ4v) is 1.66. The number of rotatable bonds is 6. The molecule has 2 rings (SSSR count). The molecule has 21 heavy (non-hydrogen) atoms. The summed E-state index contributed by atoms with van der Waals surface area (Å²) in [5.41, 5.74) is 0.796. The molecule has 8 nitrogen and oxygen atoms in total. The van der Waals surface area contributed by atoms with E-state index in [1.165, 1.54) is 10.8 Å². The molecule has 1 aromatic carbocycles. The number of hydrogen-bond donors (Lipinski definition) is 1. The van der Waals surface area contributed by atoms with Crippen LogP contribution in [0.15, 0.2) is 35.5 Å². The quantitative estimate of drug-likeness (QED) is 0.378. The summed E-state index contributed by atoms with van der Waals surface area (Å²) < 4.78 is 6.95. The third kappa shape index (κ3) is 3.56. The van der Waals surface area contributed by atoms with Crippen molar-refractivity contribution in [3.05, 3.63) is 46.4 Å². The first-order valence-corrected chi connectivity index (χ1v) is 6.19. The van der Waals surface area contributed by atoms with Crippen LogP contribution in [-0.2, 0) is 13.7 Å². The fourth-order valence-electron chi connectivity index (χ4n) is 1.66. The van der Waals surface area contributed by atoms with E-state index in [0.717, 1.165) is 5.69 Å². The number of benzene rings is 1. The molecule has 1 aromatic heterocycles. The second kappa shape index (κ2) is 6.51. The van der Waals surface area contributed by atoms with Gasteiger partial charge < -0.3 is 20.2 Å². The maximum atomic E-state index is 10.7. The van der Waals surface area contributed by atoms with Gasteiger partial charge in [0.05, 0.1) is 19.1 Å². The van der Waals surface area contributed by atoms with Gasteiger partial charge in [0.1, 0.15) is 11.9 Å². The lowest BCUT2D eigenvalue weighted by Gasteiger charge is -2.04. The fraction of sp³-hybridized carbons (Fsp3) is 0.231. The number of nitrogens with one attached hydrogen (secondary N) is 1. The zero-order valence-electron chi connectivity index (χ0n) is 11.7. The summed E-state index contributed by atoms with van der Waals surface area (Å²) in [6.45, 7) is 0.156. The van der Waals surface area contributed by atoms with Gasteiger partial charge >= 0.3 is 5.82 Å². The van der Waals surface area contributed by atoms with Gasteiger partial charge in [-0.3, -0.25) is 0 Å². The van der Waals surface area contributed by atoms with Crippen LogP contribution in [0.4, 0.5) is 11.5 Å². The molecule has 0 spiro atoms. The highest BCUT2D eigenvalue weighted by Gasteiger charge is 2.16. The molecular weight excluding hydrogens is 274 g/mol. The molecule has 0 aliphatic heterocycles. The Kier molecular flexibility index (Phi) is 4.50. The minimum Gasteiger partial charge on any atom is -0.483 e. The van der Waals surface area contributed by atoms with Crippen LogP contribution in [0.2, 0.25) is 0 Å². The van der Waals surface area contributed by atoms with E-state index < -0.39 is 4.92 Å². The van der Waals surface area contributed by atoms with Crippen LogP contribution in [0.1, 0.15) is 5.82 Å². The van der Waals surface area contributed by atoms with Crippen molar-refractivity contribution in [2.75, 3.05) is 7.05 Å². The van der Waals surface area contributed by atoms with Gasteiger partial charge in [-0.1, -0.05) is 0 Å². The zero-order valence-corrected chi connectivity index (χ0v) is 11.7. The largest absolute Gasteiger partial charge is 0.483 e. The summed E-state index contributed by atoms with van der Waals surface area (Å²) in [4.78, 5) is 18.3. The van der Waals surface area contributed by atoms with E-state index in [9.17, 15) is 10.1 Å². The molecule has 0 radical (unpaired) electrons. The van der Waals surface area contributed by atoms with Gasteiger partial charge in [0, 0.05) is 7.05 Å². The van der Waals surface area contributed by atoms with Crippen molar-refractivity contribution in [2.24, 2.45) is 12.0 Å². The Morgan fingerprint density at radius 3 is 2.76 bits per heavy atom. The van der Waals surface area contributed by atoms with Crippen molar-refractivity contribution in [1.82, 2.24) is 14.9 Å². The van der Waals surface area contributed by atoms with Gasteiger partial charge in [-0.15, -0.1) is 0 Å². The van der Waals surface area contributed by atoms with Crippen LogP contribution in [0, 0.1) is 10.1 Å². The zero-order chi connectivity index (χ0) is 15.2. The monoisotopic (exact) mass is 289 g/mol. The van der Waals surface area contributed by atoms with Crippen LogP contribution in [0.25, 0.3) is 0 Å². The number of nitrogens with zero attached hydrogens (tertiary/aromatic N) is 4. The Labute approximate surface area is 121 Å². The lowest BCUT2D eigenvalue weighted by atomic mass is 10.3. The van der Waals surface area contributed by atoms with Gasteiger partial charge in [0.25, 0.3) is 0 Å². The molecule has 0 bridgehead atoms. The predicted octanol–water partition coefficient (Wildman–Crippen LogP) is 1.79. The van der Waals surface area contributed by atoms with Crippen LogP contribution < -0.4 is 10.1 Å². The topological polar surface area (TPSA) is 94.6 Å². The molecule has 8 heteroatoms. The average Bonchev–Trinajstić information content (AvgIpc) is 2.85. The standard InChI is InChI=1S/C13H15N5O3/c1-14-9-16-10-3-5-11(6-4-10)21-8-12-15-7-13(17(12)2)18(19)20/h3-7,9H,8H2,1-2H3,(H,14,16). The Balaban J connectivity index is 2.00. The molecule has 0 fully saturated rings. The average molecular weight is 289 g/mol. The molecule has 0 atom stereocenters. The van der Waals surface area contributed by atoms with E-state index in [-0.39, 0.29) is 12.4 Å². The first-order valence-electron chi connectivity index (χ1n) is 6.19. The first kappa shape index (κ1) is 14.5. The Morgan fingerprint density at radius 2 is 2.19 bits per heavy atom. The van der Waals surface area contributed by atoms with E-state index >= 15 is 0 Å². The second-order valence-corrected chi connectivity index (χ2v) is 4.18. The minimum atomic E-state index is -0.481. The van der Waals surface area contributed by atoms with Crippen molar-refractivity contribution < 1.29 is 9.66 Å². The normalized spacial score (nSPS) is 10.8. The van der Waals surface area contributed by atoms with Gasteiger partial charge in [-0.25, -0.2) is 14.5 Å². The smallest absolute Gasteiger partial charge is 0.342 e. The van der Waals surface area contributed by atoms with E-state index in [1.54, 1.807) is 32.6 Å². The summed E-state index contributed by atoms with van der Waals surface area (Å²) in [5, 5.41) is 13.5. The number of hydrogen-bond acceptors (Lipinski definition) is 5. The highest BCUT2D eigenvalue weighted by Crippen LogP contribution is 2.19. The molecule has 0 saturated carbocycles. The van der Waals surface area contributed by atoms with Gasteiger partial charge in [-0.2, -0.15) is 0 Å².